The molecular formula is C21H30N2O7. The molecule has 30 heavy (non-hydrogen) atoms. The van der Waals surface area contributed by atoms with Gasteiger partial charge in [0.1, 0.15) is 24.1 Å². The Morgan fingerprint density at radius 2 is 1.80 bits per heavy atom. The van der Waals surface area contributed by atoms with Crippen LogP contribution in [0.15, 0.2) is 24.3 Å². The van der Waals surface area contributed by atoms with Crippen LogP contribution in [-0.2, 0) is 9.53 Å². The standard InChI is InChI=1S/C21H30N2O7/c1-11-16(24)17(25)18(26)21(30-11)23-20(28)14-8-3-4-9-15(14)22-19(27)12-6-5-7-13(10-12)29-2/h5-7,10-11,14-18,21,24-26H,3-4,8-9H2,1-2H3,(H,22,27)(H,23,28)/t11-,14-,15+,16+,17+,18-,21+/m0/s1. The zero-order chi connectivity index (χ0) is 21.8. The average molecular weight is 422 g/mol. The molecule has 9 heteroatoms. The van der Waals surface area contributed by atoms with Crippen molar-refractivity contribution in [2.45, 2.75) is 69.3 Å². The Kier molecular flexibility index (Phi) is 7.30. The van der Waals surface area contributed by atoms with Gasteiger partial charge in [-0.2, -0.15) is 0 Å². The molecule has 7 atom stereocenters. The number of carbonyl (C=O) groups excluding carboxylic acids is 2. The fraction of sp³-hybridized carbons (Fsp3) is 0.619. The van der Waals surface area contributed by atoms with Gasteiger partial charge >= 0.3 is 0 Å². The Bertz CT molecular complexity index is 759. The van der Waals surface area contributed by atoms with Crippen LogP contribution >= 0.6 is 0 Å². The normalized spacial score (nSPS) is 34.1. The molecule has 1 saturated heterocycles. The SMILES string of the molecule is COc1cccc(C(=O)N[C@@H]2CCCC[C@@H]2C(=O)N[C@@H]2O[C@@H](C)[C@@H](O)[C@@H](O)[C@@H]2O)c1. The van der Waals surface area contributed by atoms with E-state index in [4.69, 9.17) is 9.47 Å². The maximum Gasteiger partial charge on any atom is 0.251 e. The van der Waals surface area contributed by atoms with Crippen LogP contribution in [0.2, 0.25) is 0 Å². The van der Waals surface area contributed by atoms with Gasteiger partial charge in [0.25, 0.3) is 5.91 Å². The lowest BCUT2D eigenvalue weighted by Gasteiger charge is -2.40. The van der Waals surface area contributed by atoms with Gasteiger partial charge in [-0.05, 0) is 38.0 Å². The summed E-state index contributed by atoms with van der Waals surface area (Å²) in [5.41, 5.74) is 0.441. The zero-order valence-corrected chi connectivity index (χ0v) is 17.2. The van der Waals surface area contributed by atoms with Crippen molar-refractivity contribution in [2.24, 2.45) is 5.92 Å². The van der Waals surface area contributed by atoms with Crippen molar-refractivity contribution in [3.05, 3.63) is 29.8 Å². The first-order valence-electron chi connectivity index (χ1n) is 10.3. The second-order valence-corrected chi connectivity index (χ2v) is 7.95. The molecule has 9 nitrogen and oxygen atoms in total. The smallest absolute Gasteiger partial charge is 0.251 e. The summed E-state index contributed by atoms with van der Waals surface area (Å²) in [6.45, 7) is 1.55. The minimum Gasteiger partial charge on any atom is -0.497 e. The summed E-state index contributed by atoms with van der Waals surface area (Å²) < 4.78 is 10.6. The molecule has 0 radical (unpaired) electrons. The number of hydrogen-bond donors (Lipinski definition) is 5. The van der Waals surface area contributed by atoms with E-state index in [1.807, 2.05) is 0 Å². The summed E-state index contributed by atoms with van der Waals surface area (Å²) in [6.07, 6.45) is -3.03. The van der Waals surface area contributed by atoms with Crippen LogP contribution in [0.25, 0.3) is 0 Å². The van der Waals surface area contributed by atoms with Crippen molar-refractivity contribution in [2.75, 3.05) is 7.11 Å². The highest BCUT2D eigenvalue weighted by Gasteiger charge is 2.43. The Balaban J connectivity index is 1.66. The highest BCUT2D eigenvalue weighted by molar-refractivity contribution is 5.95. The van der Waals surface area contributed by atoms with E-state index < -0.39 is 36.6 Å². The van der Waals surface area contributed by atoms with Gasteiger partial charge < -0.3 is 35.4 Å². The minimum atomic E-state index is -1.45. The summed E-state index contributed by atoms with van der Waals surface area (Å²) in [7, 11) is 1.52. The number of ether oxygens (including phenoxy) is 2. The second-order valence-electron chi connectivity index (χ2n) is 7.95. The van der Waals surface area contributed by atoms with Gasteiger partial charge in [0.05, 0.1) is 19.1 Å². The summed E-state index contributed by atoms with van der Waals surface area (Å²) in [5, 5.41) is 35.5. The van der Waals surface area contributed by atoms with E-state index in [1.54, 1.807) is 31.2 Å². The first-order valence-corrected chi connectivity index (χ1v) is 10.3. The number of nitrogens with one attached hydrogen (secondary N) is 2. The van der Waals surface area contributed by atoms with Crippen molar-refractivity contribution in [3.63, 3.8) is 0 Å². The topological polar surface area (TPSA) is 137 Å². The quantitative estimate of drug-likeness (QED) is 0.448. The Labute approximate surface area is 175 Å². The van der Waals surface area contributed by atoms with E-state index in [2.05, 4.69) is 10.6 Å². The maximum atomic E-state index is 12.9. The monoisotopic (exact) mass is 422 g/mol. The van der Waals surface area contributed by atoms with Gasteiger partial charge in [-0.3, -0.25) is 9.59 Å². The fourth-order valence-corrected chi connectivity index (χ4v) is 4.05. The van der Waals surface area contributed by atoms with Crippen LogP contribution < -0.4 is 15.4 Å². The van der Waals surface area contributed by atoms with Crippen molar-refractivity contribution in [1.82, 2.24) is 10.6 Å². The molecule has 0 spiro atoms. The fourth-order valence-electron chi connectivity index (χ4n) is 4.05. The van der Waals surface area contributed by atoms with Crippen molar-refractivity contribution in [1.29, 1.82) is 0 Å². The number of hydrogen-bond acceptors (Lipinski definition) is 7. The van der Waals surface area contributed by atoms with Crippen molar-refractivity contribution < 1.29 is 34.4 Å². The molecule has 1 heterocycles. The Morgan fingerprint density at radius 1 is 1.07 bits per heavy atom. The number of benzene rings is 1. The summed E-state index contributed by atoms with van der Waals surface area (Å²) in [6, 6.07) is 6.41. The summed E-state index contributed by atoms with van der Waals surface area (Å²) >= 11 is 0. The molecule has 2 fully saturated rings. The van der Waals surface area contributed by atoms with E-state index in [0.29, 0.717) is 24.2 Å². The molecule has 3 rings (SSSR count). The first-order chi connectivity index (χ1) is 14.3. The number of aliphatic hydroxyl groups is 3. The third-order valence-electron chi connectivity index (χ3n) is 5.89. The lowest BCUT2D eigenvalue weighted by molar-refractivity contribution is -0.225. The molecule has 0 unspecified atom stereocenters. The molecule has 1 aliphatic carbocycles. The molecule has 166 valence electrons. The summed E-state index contributed by atoms with van der Waals surface area (Å²) in [5.74, 6) is -0.590. The van der Waals surface area contributed by atoms with Gasteiger partial charge in [0.15, 0.2) is 6.23 Å². The molecular weight excluding hydrogens is 392 g/mol. The van der Waals surface area contributed by atoms with Crippen LogP contribution in [0, 0.1) is 5.92 Å². The van der Waals surface area contributed by atoms with Crippen LogP contribution in [0.5, 0.6) is 5.75 Å². The lowest BCUT2D eigenvalue weighted by Crippen LogP contribution is -2.63. The lowest BCUT2D eigenvalue weighted by atomic mass is 9.83. The third-order valence-corrected chi connectivity index (χ3v) is 5.89. The number of methoxy groups -OCH3 is 1. The minimum absolute atomic E-state index is 0.292. The molecule has 2 aliphatic rings. The number of amides is 2. The van der Waals surface area contributed by atoms with Crippen LogP contribution in [-0.4, -0.2) is 70.9 Å². The van der Waals surface area contributed by atoms with Crippen LogP contribution in [0.1, 0.15) is 43.0 Å². The van der Waals surface area contributed by atoms with E-state index in [9.17, 15) is 24.9 Å². The van der Waals surface area contributed by atoms with Gasteiger partial charge in [-0.15, -0.1) is 0 Å². The van der Waals surface area contributed by atoms with Gasteiger partial charge in [0, 0.05) is 11.6 Å². The second kappa shape index (κ2) is 9.74. The molecule has 1 aromatic carbocycles. The van der Waals surface area contributed by atoms with Gasteiger partial charge in [0.2, 0.25) is 5.91 Å². The Hall–Kier alpha value is -2.20. The molecule has 1 saturated carbocycles. The molecule has 5 N–H and O–H groups in total. The van der Waals surface area contributed by atoms with E-state index >= 15 is 0 Å². The molecule has 1 aromatic rings. The third kappa shape index (κ3) is 4.92. The van der Waals surface area contributed by atoms with E-state index in [-0.39, 0.29) is 17.9 Å². The predicted octanol–water partition coefficient (Wildman–Crippen LogP) is -0.0725. The number of aliphatic hydroxyl groups excluding tert-OH is 3. The number of rotatable bonds is 5. The number of carbonyl (C=O) groups is 2. The Morgan fingerprint density at radius 3 is 2.53 bits per heavy atom. The maximum absolute atomic E-state index is 12.9. The molecule has 1 aliphatic heterocycles. The molecule has 0 bridgehead atoms. The van der Waals surface area contributed by atoms with Gasteiger partial charge in [-0.25, -0.2) is 0 Å². The predicted molar refractivity (Wildman–Crippen MR) is 107 cm³/mol. The van der Waals surface area contributed by atoms with Crippen molar-refractivity contribution >= 4 is 11.8 Å². The average Bonchev–Trinajstić information content (AvgIpc) is 2.76. The summed E-state index contributed by atoms with van der Waals surface area (Å²) in [4.78, 5) is 25.6. The highest BCUT2D eigenvalue weighted by atomic mass is 16.5. The van der Waals surface area contributed by atoms with E-state index in [0.717, 1.165) is 12.8 Å². The zero-order valence-electron chi connectivity index (χ0n) is 17.2. The highest BCUT2D eigenvalue weighted by Crippen LogP contribution is 2.27. The molecule has 0 aromatic heterocycles. The van der Waals surface area contributed by atoms with E-state index in [1.165, 1.54) is 7.11 Å². The van der Waals surface area contributed by atoms with Gasteiger partial charge in [-0.1, -0.05) is 18.9 Å². The van der Waals surface area contributed by atoms with Crippen LogP contribution in [0.4, 0.5) is 0 Å². The van der Waals surface area contributed by atoms with Crippen LogP contribution in [0.3, 0.4) is 0 Å². The largest absolute Gasteiger partial charge is 0.497 e. The molecule has 2 amide bonds. The van der Waals surface area contributed by atoms with Crippen molar-refractivity contribution in [3.8, 4) is 5.75 Å². The first kappa shape index (κ1) is 22.5.